The first kappa shape index (κ1) is 17.4. The van der Waals surface area contributed by atoms with Crippen LogP contribution >= 0.6 is 12.2 Å². The Hall–Kier alpha value is 1.36. The van der Waals surface area contributed by atoms with E-state index in [1.807, 2.05) is 20.8 Å². The quantitative estimate of drug-likeness (QED) is 0.299. The van der Waals surface area contributed by atoms with E-state index < -0.39 is 0 Å². The van der Waals surface area contributed by atoms with Gasteiger partial charge in [0.1, 0.15) is 0 Å². The Kier molecular flexibility index (Phi) is 12.3. The van der Waals surface area contributed by atoms with E-state index in [1.54, 1.807) is 0 Å². The maximum absolute atomic E-state index is 4.65. The smallest absolute Gasteiger partial charge is 1.00 e. The molecule has 0 radical (unpaired) electrons. The molecule has 0 bridgehead atoms. The van der Waals surface area contributed by atoms with Gasteiger partial charge >= 0.3 is 23.1 Å². The third-order valence-corrected chi connectivity index (χ3v) is 0.681. The van der Waals surface area contributed by atoms with Crippen LogP contribution in [0.4, 0.5) is 0 Å². The van der Waals surface area contributed by atoms with Crippen LogP contribution in [-0.2, 0) is 12.6 Å². The molecule has 5 heteroatoms. The van der Waals surface area contributed by atoms with Gasteiger partial charge < -0.3 is 47.1 Å². The maximum Gasteiger partial charge on any atom is 2.00 e. The second kappa shape index (κ2) is 7.03. The molecule has 0 aromatic heterocycles. The fourth-order valence-electron chi connectivity index (χ4n) is 0.306. The third-order valence-electron chi connectivity index (χ3n) is 0.477. The van der Waals surface area contributed by atoms with E-state index in [4.69, 9.17) is 0 Å². The summed E-state index contributed by atoms with van der Waals surface area (Å²) >= 11 is 9.29. The van der Waals surface area contributed by atoms with Gasteiger partial charge in [0, 0.05) is 5.54 Å². The van der Waals surface area contributed by atoms with Gasteiger partial charge in [-0.25, -0.2) is 0 Å². The molecule has 0 heterocycles. The molecule has 10 heavy (non-hydrogen) atoms. The molecule has 0 aromatic rings. The summed E-state index contributed by atoms with van der Waals surface area (Å²) < 4.78 is 0.442. The molecule has 56 valence electrons. The van der Waals surface area contributed by atoms with Crippen molar-refractivity contribution in [3.05, 3.63) is 0 Å². The second-order valence-corrected chi connectivity index (χ2v) is 3.74. The third kappa shape index (κ3) is 16.2. The van der Waals surface area contributed by atoms with Gasteiger partial charge in [-0.3, -0.25) is 0 Å². The average molecular weight is 252 g/mol. The van der Waals surface area contributed by atoms with Crippen LogP contribution in [0.3, 0.4) is 0 Å². The summed E-state index contributed by atoms with van der Waals surface area (Å²) in [7, 11) is 0. The number of rotatable bonds is 0. The van der Waals surface area contributed by atoms with Crippen LogP contribution in [0.1, 0.15) is 20.8 Å². The fourth-order valence-corrected chi connectivity index (χ4v) is 0.919. The molecule has 1 N–H and O–H groups in total. The normalized spacial score (nSPS) is 8.70. The largest absolute Gasteiger partial charge is 2.00 e. The van der Waals surface area contributed by atoms with Gasteiger partial charge in [-0.1, -0.05) is 4.32 Å². The minimum atomic E-state index is 0. The van der Waals surface area contributed by atoms with Crippen molar-refractivity contribution in [1.82, 2.24) is 5.32 Å². The number of nitrogens with one attached hydrogen (secondary N) is 1. The summed E-state index contributed by atoms with van der Waals surface area (Å²) in [4.78, 5) is 0. The molecular formula is C5H10BrMgNS2. The Morgan fingerprint density at radius 2 is 1.70 bits per heavy atom. The Morgan fingerprint density at radius 1 is 1.40 bits per heavy atom. The minimum Gasteiger partial charge on any atom is -1.00 e. The summed E-state index contributed by atoms with van der Waals surface area (Å²) in [6, 6.07) is 0. The van der Waals surface area contributed by atoms with Crippen molar-refractivity contribution in [2.24, 2.45) is 0 Å². The van der Waals surface area contributed by atoms with Crippen LogP contribution in [-0.4, -0.2) is 32.9 Å². The van der Waals surface area contributed by atoms with Crippen LogP contribution in [0.2, 0.25) is 0 Å². The summed E-state index contributed by atoms with van der Waals surface area (Å²) in [6.07, 6.45) is 0. The summed E-state index contributed by atoms with van der Waals surface area (Å²) in [5.74, 6) is 0. The van der Waals surface area contributed by atoms with E-state index in [0.717, 1.165) is 0 Å². The topological polar surface area (TPSA) is 12.0 Å². The number of hydrogen-bond donors (Lipinski definition) is 1. The molecular weight excluding hydrogens is 242 g/mol. The summed E-state index contributed by atoms with van der Waals surface area (Å²) in [5, 5.41) is 2.93. The molecule has 1 nitrogen and oxygen atoms in total. The van der Waals surface area contributed by atoms with E-state index in [-0.39, 0.29) is 45.6 Å². The predicted molar refractivity (Wildman–Crippen MR) is 48.6 cm³/mol. The SMILES string of the molecule is CC(C)(C)NC(=S)[S-].[Br-].[Mg+2]. The molecule has 0 saturated carbocycles. The Bertz CT molecular complexity index is 102. The Balaban J connectivity index is -0.000000245. The van der Waals surface area contributed by atoms with E-state index >= 15 is 0 Å². The van der Waals surface area contributed by atoms with Gasteiger partial charge in [0.25, 0.3) is 0 Å². The van der Waals surface area contributed by atoms with E-state index in [0.29, 0.717) is 4.32 Å². The van der Waals surface area contributed by atoms with Gasteiger partial charge in [0.05, 0.1) is 0 Å². The molecule has 0 aliphatic heterocycles. The molecule has 0 fully saturated rings. The standard InChI is InChI=1S/C5H11NS2.BrH.Mg/c1-5(2,3)6-4(7)8;;/h1-3H3,(H2,6,7,8);1H;/q;;+2/p-2. The molecule has 0 amide bonds. The zero-order chi connectivity index (χ0) is 6.78. The zero-order valence-electron chi connectivity index (χ0n) is 6.40. The zero-order valence-corrected chi connectivity index (χ0v) is 11.0. The van der Waals surface area contributed by atoms with Crippen LogP contribution in [0.15, 0.2) is 0 Å². The number of hydrogen-bond acceptors (Lipinski definition) is 2. The van der Waals surface area contributed by atoms with Crippen molar-refractivity contribution in [1.29, 1.82) is 0 Å². The summed E-state index contributed by atoms with van der Waals surface area (Å²) in [6.45, 7) is 6.06. The average Bonchev–Trinajstić information content (AvgIpc) is 1.21. The molecule has 0 rings (SSSR count). The van der Waals surface area contributed by atoms with E-state index in [9.17, 15) is 0 Å². The van der Waals surface area contributed by atoms with Crippen molar-refractivity contribution in [2.75, 3.05) is 0 Å². The van der Waals surface area contributed by atoms with E-state index in [1.165, 1.54) is 0 Å². The molecule has 0 atom stereocenters. The van der Waals surface area contributed by atoms with Gasteiger partial charge in [-0.05, 0) is 20.8 Å². The first-order chi connectivity index (χ1) is 3.42. The van der Waals surface area contributed by atoms with Crippen LogP contribution in [0.5, 0.6) is 0 Å². The van der Waals surface area contributed by atoms with Gasteiger partial charge in [0.2, 0.25) is 0 Å². The first-order valence-corrected chi connectivity index (χ1v) is 3.22. The van der Waals surface area contributed by atoms with Crippen molar-refractivity contribution < 1.29 is 17.0 Å². The van der Waals surface area contributed by atoms with Crippen molar-refractivity contribution in [2.45, 2.75) is 26.3 Å². The molecule has 0 spiro atoms. The molecule has 0 unspecified atom stereocenters. The number of halogens is 1. The van der Waals surface area contributed by atoms with Crippen molar-refractivity contribution in [3.8, 4) is 0 Å². The molecule has 0 aliphatic carbocycles. The molecule has 0 aromatic carbocycles. The maximum atomic E-state index is 4.65. The second-order valence-electron chi connectivity index (χ2n) is 2.66. The van der Waals surface area contributed by atoms with Gasteiger partial charge in [0.15, 0.2) is 0 Å². The minimum absolute atomic E-state index is 0. The van der Waals surface area contributed by atoms with Gasteiger partial charge in [-0.15, -0.1) is 0 Å². The summed E-state index contributed by atoms with van der Waals surface area (Å²) in [5.41, 5.74) is 0.0266. The van der Waals surface area contributed by atoms with Gasteiger partial charge in [-0.2, -0.15) is 0 Å². The fraction of sp³-hybridized carbons (Fsp3) is 0.800. The molecule has 0 saturated heterocycles. The Morgan fingerprint density at radius 3 is 1.70 bits per heavy atom. The van der Waals surface area contributed by atoms with E-state index in [2.05, 4.69) is 30.2 Å². The van der Waals surface area contributed by atoms with Crippen LogP contribution in [0, 0.1) is 0 Å². The molecule has 0 aliphatic rings. The predicted octanol–water partition coefficient (Wildman–Crippen LogP) is -2.17. The van der Waals surface area contributed by atoms with Crippen LogP contribution in [0.25, 0.3) is 0 Å². The van der Waals surface area contributed by atoms with Crippen LogP contribution < -0.4 is 22.3 Å². The Labute approximate surface area is 100 Å². The monoisotopic (exact) mass is 251 g/mol. The van der Waals surface area contributed by atoms with Crippen molar-refractivity contribution in [3.63, 3.8) is 0 Å². The van der Waals surface area contributed by atoms with Crippen molar-refractivity contribution >= 4 is 52.2 Å². The number of thiocarbonyl (C=S) groups is 1. The first-order valence-electron chi connectivity index (χ1n) is 2.41.